The molecule has 13 heavy (non-hydrogen) atoms. The summed E-state index contributed by atoms with van der Waals surface area (Å²) >= 11 is 0. The minimum Gasteiger partial charge on any atom is -0.469 e. The van der Waals surface area contributed by atoms with E-state index >= 15 is 0 Å². The number of methoxy groups -OCH3 is 1. The molecule has 0 aliphatic heterocycles. The van der Waals surface area contributed by atoms with Gasteiger partial charge < -0.3 is 4.74 Å². The second kappa shape index (κ2) is 5.00. The number of ketones is 1. The fraction of sp³-hybridized carbons (Fsp3) is 0.800. The molecule has 1 fully saturated rings. The molecule has 3 heteroatoms. The Hall–Kier alpha value is -0.860. The molecule has 0 aromatic carbocycles. The van der Waals surface area contributed by atoms with Gasteiger partial charge in [-0.1, -0.05) is 0 Å². The van der Waals surface area contributed by atoms with Crippen LogP contribution in [-0.4, -0.2) is 18.9 Å². The Morgan fingerprint density at radius 1 is 1.62 bits per heavy atom. The van der Waals surface area contributed by atoms with Crippen molar-refractivity contribution in [3.8, 4) is 0 Å². The van der Waals surface area contributed by atoms with Crippen molar-refractivity contribution >= 4 is 11.8 Å². The smallest absolute Gasteiger partial charge is 0.305 e. The van der Waals surface area contributed by atoms with E-state index in [-0.39, 0.29) is 11.9 Å². The van der Waals surface area contributed by atoms with E-state index in [0.29, 0.717) is 12.2 Å². The normalized spacial score (nSPS) is 21.9. The van der Waals surface area contributed by atoms with E-state index < -0.39 is 0 Å². The molecule has 0 aromatic rings. The first-order valence-electron chi connectivity index (χ1n) is 4.83. The van der Waals surface area contributed by atoms with Crippen molar-refractivity contribution in [2.75, 3.05) is 7.11 Å². The monoisotopic (exact) mass is 184 g/mol. The van der Waals surface area contributed by atoms with Gasteiger partial charge in [-0.25, -0.2) is 0 Å². The second-order valence-electron chi connectivity index (χ2n) is 3.52. The summed E-state index contributed by atoms with van der Waals surface area (Å²) in [5.74, 6) is 0.431. The largest absolute Gasteiger partial charge is 0.469 e. The molecule has 1 saturated carbocycles. The van der Waals surface area contributed by atoms with Crippen LogP contribution >= 0.6 is 0 Å². The molecule has 0 bridgehead atoms. The fourth-order valence-corrected chi connectivity index (χ4v) is 1.79. The van der Waals surface area contributed by atoms with Crippen LogP contribution < -0.4 is 0 Å². The lowest BCUT2D eigenvalue weighted by Crippen LogP contribution is -2.07. The average molecular weight is 184 g/mol. The summed E-state index contributed by atoms with van der Waals surface area (Å²) in [6.45, 7) is 0. The molecule has 0 spiro atoms. The van der Waals surface area contributed by atoms with Gasteiger partial charge in [-0.15, -0.1) is 0 Å². The quantitative estimate of drug-likeness (QED) is 0.624. The highest BCUT2D eigenvalue weighted by atomic mass is 16.5. The SMILES string of the molecule is COC(=O)CCCC1CCCC1=O. The van der Waals surface area contributed by atoms with Gasteiger partial charge >= 0.3 is 5.97 Å². The number of Topliss-reactive ketones (excluding diaryl/α,β-unsaturated/α-hetero) is 1. The molecule has 3 nitrogen and oxygen atoms in total. The van der Waals surface area contributed by atoms with Crippen molar-refractivity contribution in [2.45, 2.75) is 38.5 Å². The summed E-state index contributed by atoms with van der Waals surface area (Å²) < 4.78 is 4.52. The molecule has 0 N–H and O–H groups in total. The highest BCUT2D eigenvalue weighted by Gasteiger charge is 2.23. The van der Waals surface area contributed by atoms with E-state index in [4.69, 9.17) is 0 Å². The summed E-state index contributed by atoms with van der Waals surface area (Å²) in [6.07, 6.45) is 4.86. The van der Waals surface area contributed by atoms with Crippen molar-refractivity contribution < 1.29 is 14.3 Å². The zero-order valence-electron chi connectivity index (χ0n) is 8.04. The standard InChI is InChI=1S/C10H16O3/c1-13-10(12)7-3-5-8-4-2-6-9(8)11/h8H,2-7H2,1H3. The molecule has 74 valence electrons. The molecule has 0 saturated heterocycles. The van der Waals surface area contributed by atoms with Crippen LogP contribution in [0.4, 0.5) is 0 Å². The molecular weight excluding hydrogens is 168 g/mol. The van der Waals surface area contributed by atoms with E-state index in [1.807, 2.05) is 0 Å². The summed E-state index contributed by atoms with van der Waals surface area (Å²) in [5, 5.41) is 0. The van der Waals surface area contributed by atoms with E-state index in [0.717, 1.165) is 32.1 Å². The maximum atomic E-state index is 11.2. The van der Waals surface area contributed by atoms with Crippen molar-refractivity contribution in [2.24, 2.45) is 5.92 Å². The molecule has 0 radical (unpaired) electrons. The zero-order chi connectivity index (χ0) is 9.68. The second-order valence-corrected chi connectivity index (χ2v) is 3.52. The van der Waals surface area contributed by atoms with Crippen LogP contribution in [0.5, 0.6) is 0 Å². The molecule has 0 heterocycles. The summed E-state index contributed by atoms with van der Waals surface area (Å²) in [5.41, 5.74) is 0. The number of hydrogen-bond acceptors (Lipinski definition) is 3. The van der Waals surface area contributed by atoms with Crippen LogP contribution in [0.15, 0.2) is 0 Å². The van der Waals surface area contributed by atoms with Gasteiger partial charge in [0.1, 0.15) is 5.78 Å². The first-order valence-corrected chi connectivity index (χ1v) is 4.83. The number of rotatable bonds is 4. The number of carbonyl (C=O) groups excluding carboxylic acids is 2. The maximum Gasteiger partial charge on any atom is 0.305 e. The number of ether oxygens (including phenoxy) is 1. The predicted octanol–water partition coefficient (Wildman–Crippen LogP) is 1.70. The Kier molecular flexibility index (Phi) is 3.93. The zero-order valence-corrected chi connectivity index (χ0v) is 8.04. The van der Waals surface area contributed by atoms with Crippen LogP contribution in [0.25, 0.3) is 0 Å². The fourth-order valence-electron chi connectivity index (χ4n) is 1.79. The van der Waals surface area contributed by atoms with Crippen LogP contribution in [0.2, 0.25) is 0 Å². The Bertz CT molecular complexity index is 198. The first kappa shape index (κ1) is 10.2. The van der Waals surface area contributed by atoms with Crippen molar-refractivity contribution in [1.29, 1.82) is 0 Å². The molecule has 1 unspecified atom stereocenters. The molecule has 0 amide bonds. The van der Waals surface area contributed by atoms with Gasteiger partial charge in [0.15, 0.2) is 0 Å². The Balaban J connectivity index is 2.12. The lowest BCUT2D eigenvalue weighted by Gasteiger charge is -2.05. The Morgan fingerprint density at radius 3 is 2.92 bits per heavy atom. The topological polar surface area (TPSA) is 43.4 Å². The number of carbonyl (C=O) groups is 2. The predicted molar refractivity (Wildman–Crippen MR) is 48.2 cm³/mol. The average Bonchev–Trinajstić information content (AvgIpc) is 2.52. The third-order valence-corrected chi connectivity index (χ3v) is 2.59. The minimum absolute atomic E-state index is 0.176. The van der Waals surface area contributed by atoms with E-state index in [1.165, 1.54) is 7.11 Å². The highest BCUT2D eigenvalue weighted by molar-refractivity contribution is 5.82. The van der Waals surface area contributed by atoms with Crippen LogP contribution in [0.3, 0.4) is 0 Å². The van der Waals surface area contributed by atoms with Gasteiger partial charge in [-0.3, -0.25) is 9.59 Å². The molecule has 1 rings (SSSR count). The molecule has 0 aromatic heterocycles. The van der Waals surface area contributed by atoms with Crippen molar-refractivity contribution in [1.82, 2.24) is 0 Å². The van der Waals surface area contributed by atoms with Gasteiger partial charge in [-0.05, 0) is 25.7 Å². The van der Waals surface area contributed by atoms with E-state index in [9.17, 15) is 9.59 Å². The minimum atomic E-state index is -0.176. The summed E-state index contributed by atoms with van der Waals surface area (Å²) in [4.78, 5) is 22.0. The highest BCUT2D eigenvalue weighted by Crippen LogP contribution is 2.25. The molecule has 1 aliphatic carbocycles. The number of esters is 1. The molecular formula is C10H16O3. The first-order chi connectivity index (χ1) is 6.24. The van der Waals surface area contributed by atoms with Crippen LogP contribution in [-0.2, 0) is 14.3 Å². The Labute approximate surface area is 78.5 Å². The number of hydrogen-bond donors (Lipinski definition) is 0. The van der Waals surface area contributed by atoms with Gasteiger partial charge in [0.25, 0.3) is 0 Å². The van der Waals surface area contributed by atoms with Gasteiger partial charge in [-0.2, -0.15) is 0 Å². The lowest BCUT2D eigenvalue weighted by molar-refractivity contribution is -0.141. The van der Waals surface area contributed by atoms with Crippen molar-refractivity contribution in [3.05, 3.63) is 0 Å². The van der Waals surface area contributed by atoms with Gasteiger partial charge in [0, 0.05) is 18.8 Å². The van der Waals surface area contributed by atoms with Crippen LogP contribution in [0.1, 0.15) is 38.5 Å². The summed E-state index contributed by atoms with van der Waals surface area (Å²) in [7, 11) is 1.39. The third-order valence-electron chi connectivity index (χ3n) is 2.59. The van der Waals surface area contributed by atoms with Gasteiger partial charge in [0.2, 0.25) is 0 Å². The van der Waals surface area contributed by atoms with E-state index in [2.05, 4.69) is 4.74 Å². The van der Waals surface area contributed by atoms with Gasteiger partial charge in [0.05, 0.1) is 7.11 Å². The Morgan fingerprint density at radius 2 is 2.38 bits per heavy atom. The van der Waals surface area contributed by atoms with Crippen LogP contribution in [0, 0.1) is 5.92 Å². The lowest BCUT2D eigenvalue weighted by atomic mass is 10.00. The third kappa shape index (κ3) is 3.17. The molecule has 1 atom stereocenters. The molecule has 1 aliphatic rings. The maximum absolute atomic E-state index is 11.2. The van der Waals surface area contributed by atoms with E-state index in [1.54, 1.807) is 0 Å². The summed E-state index contributed by atoms with van der Waals surface area (Å²) in [6, 6.07) is 0. The van der Waals surface area contributed by atoms with Crippen molar-refractivity contribution in [3.63, 3.8) is 0 Å².